The highest BCUT2D eigenvalue weighted by Crippen LogP contribution is 2.22. The van der Waals surface area contributed by atoms with E-state index >= 15 is 0 Å². The molecule has 0 saturated carbocycles. The van der Waals surface area contributed by atoms with Gasteiger partial charge in [0.05, 0.1) is 24.0 Å². The highest BCUT2D eigenvalue weighted by atomic mass is 16.5. The minimum absolute atomic E-state index is 0.182. The van der Waals surface area contributed by atoms with Gasteiger partial charge in [-0.3, -0.25) is 0 Å². The Bertz CT molecular complexity index is 709. The fourth-order valence-corrected chi connectivity index (χ4v) is 2.38. The van der Waals surface area contributed by atoms with E-state index in [0.717, 1.165) is 18.7 Å². The molecule has 1 aliphatic heterocycles. The fourth-order valence-electron chi connectivity index (χ4n) is 2.38. The summed E-state index contributed by atoms with van der Waals surface area (Å²) in [6.45, 7) is 3.61. The number of carbonyl (C=O) groups is 1. The van der Waals surface area contributed by atoms with Gasteiger partial charge in [-0.15, -0.1) is 0 Å². The second-order valence-corrected chi connectivity index (χ2v) is 5.67. The number of hydrogen-bond donors (Lipinski definition) is 2. The number of benzene rings is 1. The quantitative estimate of drug-likeness (QED) is 0.767. The van der Waals surface area contributed by atoms with Crippen LogP contribution in [0.1, 0.15) is 28.4 Å². The van der Waals surface area contributed by atoms with Crippen LogP contribution in [0, 0.1) is 6.92 Å². The number of aryl methyl sites for hydroxylation is 1. The van der Waals surface area contributed by atoms with Gasteiger partial charge in [0.15, 0.2) is 5.89 Å². The topological polar surface area (TPSA) is 93.8 Å². The summed E-state index contributed by atoms with van der Waals surface area (Å²) < 4.78 is 16.2. The molecule has 1 aliphatic rings. The monoisotopic (exact) mass is 332 g/mol. The average molecular weight is 332 g/mol. The molecule has 3 rings (SSSR count). The molecule has 24 heavy (non-hydrogen) atoms. The van der Waals surface area contributed by atoms with Crippen molar-refractivity contribution < 1.29 is 23.8 Å². The van der Waals surface area contributed by atoms with Gasteiger partial charge < -0.3 is 24.3 Å². The molecule has 1 atom stereocenters. The first-order valence-electron chi connectivity index (χ1n) is 7.88. The van der Waals surface area contributed by atoms with Crippen molar-refractivity contribution in [1.82, 2.24) is 4.98 Å². The van der Waals surface area contributed by atoms with E-state index < -0.39 is 5.97 Å². The summed E-state index contributed by atoms with van der Waals surface area (Å²) >= 11 is 0. The van der Waals surface area contributed by atoms with Crippen LogP contribution >= 0.6 is 0 Å². The smallest absolute Gasteiger partial charge is 0.335 e. The summed E-state index contributed by atoms with van der Waals surface area (Å²) in [4.78, 5) is 15.5. The molecule has 2 N–H and O–H groups in total. The molecule has 2 heterocycles. The molecule has 7 heteroatoms. The number of ether oxygens (including phenoxy) is 2. The van der Waals surface area contributed by atoms with Crippen molar-refractivity contribution in [3.8, 4) is 5.75 Å². The van der Waals surface area contributed by atoms with Crippen molar-refractivity contribution in [2.24, 2.45) is 0 Å². The Balaban J connectivity index is 1.61. The average Bonchev–Trinajstić information content (AvgIpc) is 2.91. The number of aromatic nitrogens is 1. The van der Waals surface area contributed by atoms with Gasteiger partial charge in [-0.25, -0.2) is 9.78 Å². The zero-order valence-electron chi connectivity index (χ0n) is 13.4. The van der Waals surface area contributed by atoms with Crippen LogP contribution in [0.5, 0.6) is 5.75 Å². The third-order valence-corrected chi connectivity index (χ3v) is 3.77. The predicted octanol–water partition coefficient (Wildman–Crippen LogP) is 2.50. The number of nitrogens with zero attached hydrogens (tertiary/aromatic N) is 1. The summed E-state index contributed by atoms with van der Waals surface area (Å²) in [5.41, 5.74) is 1.70. The minimum Gasteiger partial charge on any atom is -0.493 e. The molecular weight excluding hydrogens is 312 g/mol. The first kappa shape index (κ1) is 16.3. The molecule has 0 radical (unpaired) electrons. The standard InChI is InChI=1S/C17H20N2O5/c1-11-19-13(10-24-11)2-4-23-16-7-12(17(20)21)6-14(8-16)18-9-15-3-5-22-15/h6-8,10,15,18H,2-5,9H2,1H3,(H,20,21). The van der Waals surface area contributed by atoms with E-state index in [2.05, 4.69) is 10.3 Å². The van der Waals surface area contributed by atoms with Crippen LogP contribution in [0.4, 0.5) is 5.69 Å². The van der Waals surface area contributed by atoms with Gasteiger partial charge in [0.2, 0.25) is 0 Å². The molecule has 7 nitrogen and oxygen atoms in total. The second-order valence-electron chi connectivity index (χ2n) is 5.67. The third kappa shape index (κ3) is 4.26. The Morgan fingerprint density at radius 1 is 1.46 bits per heavy atom. The molecule has 0 amide bonds. The Kier molecular flexibility index (Phi) is 5.00. The number of nitrogens with one attached hydrogen (secondary N) is 1. The zero-order valence-corrected chi connectivity index (χ0v) is 13.4. The van der Waals surface area contributed by atoms with E-state index in [0.29, 0.717) is 36.9 Å². The highest BCUT2D eigenvalue weighted by Gasteiger charge is 2.18. The van der Waals surface area contributed by atoms with Crippen molar-refractivity contribution in [1.29, 1.82) is 0 Å². The van der Waals surface area contributed by atoms with E-state index in [1.807, 2.05) is 0 Å². The van der Waals surface area contributed by atoms with Crippen LogP contribution in [0.3, 0.4) is 0 Å². The summed E-state index contributed by atoms with van der Waals surface area (Å²) in [5.74, 6) is 0.130. The molecule has 1 saturated heterocycles. The van der Waals surface area contributed by atoms with Gasteiger partial charge in [0, 0.05) is 38.2 Å². The van der Waals surface area contributed by atoms with Crippen LogP contribution in [0.25, 0.3) is 0 Å². The van der Waals surface area contributed by atoms with Crippen LogP contribution in [0.15, 0.2) is 28.9 Å². The van der Waals surface area contributed by atoms with Crippen LogP contribution in [-0.2, 0) is 11.2 Å². The van der Waals surface area contributed by atoms with E-state index in [9.17, 15) is 9.90 Å². The van der Waals surface area contributed by atoms with Gasteiger partial charge in [0.25, 0.3) is 0 Å². The van der Waals surface area contributed by atoms with E-state index in [-0.39, 0.29) is 11.7 Å². The lowest BCUT2D eigenvalue weighted by molar-refractivity contribution is -0.0410. The van der Waals surface area contributed by atoms with Crippen molar-refractivity contribution >= 4 is 11.7 Å². The zero-order chi connectivity index (χ0) is 16.9. The summed E-state index contributed by atoms with van der Waals surface area (Å²) in [6.07, 6.45) is 3.40. The summed E-state index contributed by atoms with van der Waals surface area (Å²) in [6, 6.07) is 4.90. The van der Waals surface area contributed by atoms with Crippen molar-refractivity contribution in [3.05, 3.63) is 41.6 Å². The van der Waals surface area contributed by atoms with Gasteiger partial charge in [-0.2, -0.15) is 0 Å². The first-order valence-corrected chi connectivity index (χ1v) is 7.88. The molecule has 2 aromatic rings. The highest BCUT2D eigenvalue weighted by molar-refractivity contribution is 5.89. The second kappa shape index (κ2) is 7.35. The molecule has 0 spiro atoms. The maximum absolute atomic E-state index is 11.3. The van der Waals surface area contributed by atoms with E-state index in [4.69, 9.17) is 13.9 Å². The molecule has 0 aliphatic carbocycles. The number of oxazole rings is 1. The van der Waals surface area contributed by atoms with E-state index in [1.165, 1.54) is 6.07 Å². The molecule has 1 aromatic carbocycles. The predicted molar refractivity (Wildman–Crippen MR) is 86.7 cm³/mol. The van der Waals surface area contributed by atoms with Gasteiger partial charge >= 0.3 is 5.97 Å². The normalized spacial score (nSPS) is 16.5. The summed E-state index contributed by atoms with van der Waals surface area (Å²) in [7, 11) is 0. The number of carboxylic acid groups (broad SMARTS) is 1. The van der Waals surface area contributed by atoms with Crippen LogP contribution < -0.4 is 10.1 Å². The largest absolute Gasteiger partial charge is 0.493 e. The molecular formula is C17H20N2O5. The molecule has 1 aromatic heterocycles. The fraction of sp³-hybridized carbons (Fsp3) is 0.412. The Labute approximate surface area is 139 Å². The Morgan fingerprint density at radius 3 is 2.92 bits per heavy atom. The maximum Gasteiger partial charge on any atom is 0.335 e. The molecule has 128 valence electrons. The molecule has 1 unspecified atom stereocenters. The van der Waals surface area contributed by atoms with Gasteiger partial charge in [0.1, 0.15) is 12.0 Å². The molecule has 1 fully saturated rings. The number of rotatable bonds is 8. The Morgan fingerprint density at radius 2 is 2.29 bits per heavy atom. The number of carboxylic acids is 1. The number of anilines is 1. The number of aromatic carboxylic acids is 1. The Hall–Kier alpha value is -2.54. The summed E-state index contributed by atoms with van der Waals surface area (Å²) in [5, 5.41) is 12.4. The van der Waals surface area contributed by atoms with Crippen molar-refractivity contribution in [2.45, 2.75) is 25.9 Å². The van der Waals surface area contributed by atoms with Gasteiger partial charge in [-0.05, 0) is 18.6 Å². The van der Waals surface area contributed by atoms with E-state index in [1.54, 1.807) is 25.3 Å². The first-order chi connectivity index (χ1) is 11.6. The van der Waals surface area contributed by atoms with Crippen molar-refractivity contribution in [2.75, 3.05) is 25.1 Å². The molecule has 0 bridgehead atoms. The van der Waals surface area contributed by atoms with Crippen molar-refractivity contribution in [3.63, 3.8) is 0 Å². The lowest BCUT2D eigenvalue weighted by Crippen LogP contribution is -2.33. The number of hydrogen-bond acceptors (Lipinski definition) is 6. The minimum atomic E-state index is -0.990. The maximum atomic E-state index is 11.3. The van der Waals surface area contributed by atoms with Gasteiger partial charge in [-0.1, -0.05) is 0 Å². The lowest BCUT2D eigenvalue weighted by Gasteiger charge is -2.27. The van der Waals surface area contributed by atoms with Crippen LogP contribution in [-0.4, -0.2) is 41.9 Å². The van der Waals surface area contributed by atoms with Crippen LogP contribution in [0.2, 0.25) is 0 Å². The SMILES string of the molecule is Cc1nc(CCOc2cc(NCC3CCO3)cc(C(=O)O)c2)co1. The third-order valence-electron chi connectivity index (χ3n) is 3.77. The lowest BCUT2D eigenvalue weighted by atomic mass is 10.1.